The first kappa shape index (κ1) is 40.6. The van der Waals surface area contributed by atoms with Crippen LogP contribution in [0.5, 0.6) is 0 Å². The predicted molar refractivity (Wildman–Crippen MR) is 298 cm³/mol. The number of para-hydroxylation sites is 3. The summed E-state index contributed by atoms with van der Waals surface area (Å²) in [5.41, 5.74) is 19.4. The molecular weight excluding hydrogens is 861 g/mol. The minimum absolute atomic E-state index is 0.496. The van der Waals surface area contributed by atoms with Crippen molar-refractivity contribution in [2.45, 2.75) is 18.5 Å². The minimum atomic E-state index is -2.33. The molecule has 1 unspecified atom stereocenters. The molecule has 14 rings (SSSR count). The summed E-state index contributed by atoms with van der Waals surface area (Å²) in [6.07, 6.45) is 0. The molecule has 0 bridgehead atoms. The summed E-state index contributed by atoms with van der Waals surface area (Å²) in [5.74, 6) is 0. The van der Waals surface area contributed by atoms with Gasteiger partial charge in [-0.1, -0.05) is 219 Å². The fourth-order valence-corrected chi connectivity index (χ4v) is 15.9. The number of hydrogen-bond acceptors (Lipinski definition) is 1. The number of rotatable bonds is 6. The Bertz CT molecular complexity index is 3980. The highest BCUT2D eigenvalue weighted by Gasteiger charge is 2.52. The van der Waals surface area contributed by atoms with E-state index in [9.17, 15) is 0 Å². The second-order valence-electron chi connectivity index (χ2n) is 19.6. The van der Waals surface area contributed by atoms with Crippen LogP contribution < -0.4 is 15.3 Å². The fraction of sp³-hybridized carbons (Fsp3) is 0.0448. The topological polar surface area (TPSA) is 8.17 Å². The number of aromatic nitrogens is 1. The smallest absolute Gasteiger partial charge is 0.113 e. The summed E-state index contributed by atoms with van der Waals surface area (Å²) in [5, 5.41) is 8.04. The zero-order valence-electron chi connectivity index (χ0n) is 39.1. The van der Waals surface area contributed by atoms with Gasteiger partial charge in [0, 0.05) is 39.0 Å². The molecule has 0 saturated carbocycles. The van der Waals surface area contributed by atoms with Crippen LogP contribution in [0.15, 0.2) is 255 Å². The Morgan fingerprint density at radius 3 is 1.64 bits per heavy atom. The van der Waals surface area contributed by atoms with Crippen LogP contribution >= 0.6 is 0 Å². The Balaban J connectivity index is 1.02. The van der Waals surface area contributed by atoms with Crippen LogP contribution in [0.3, 0.4) is 0 Å². The molecular formula is C67H48N2Si. The minimum Gasteiger partial charge on any atom is -0.310 e. The molecule has 0 fully saturated rings. The largest absolute Gasteiger partial charge is 0.310 e. The number of anilines is 3. The maximum absolute atomic E-state index is 2.57. The van der Waals surface area contributed by atoms with E-state index in [1.165, 1.54) is 104 Å². The quantitative estimate of drug-likeness (QED) is 0.151. The maximum Gasteiger partial charge on any atom is 0.113 e. The molecule has 1 spiro atoms. The van der Waals surface area contributed by atoms with E-state index in [-0.39, 0.29) is 0 Å². The summed E-state index contributed by atoms with van der Waals surface area (Å²) < 4.78 is 2.51. The van der Waals surface area contributed by atoms with Gasteiger partial charge < -0.3 is 9.47 Å². The molecule has 3 heteroatoms. The lowest BCUT2D eigenvalue weighted by Gasteiger charge is -2.50. The molecule has 1 aromatic heterocycles. The van der Waals surface area contributed by atoms with E-state index in [0.29, 0.717) is 0 Å². The van der Waals surface area contributed by atoms with Crippen LogP contribution in [0.4, 0.5) is 17.1 Å². The van der Waals surface area contributed by atoms with Crippen LogP contribution in [0.2, 0.25) is 13.1 Å². The molecule has 0 radical (unpaired) electrons. The third-order valence-corrected chi connectivity index (χ3v) is 19.2. The van der Waals surface area contributed by atoms with E-state index in [2.05, 4.69) is 277 Å². The van der Waals surface area contributed by atoms with Crippen LogP contribution in [0.1, 0.15) is 22.3 Å². The second kappa shape index (κ2) is 15.5. The maximum atomic E-state index is 2.57. The highest BCUT2D eigenvalue weighted by molar-refractivity contribution is 7.01. The van der Waals surface area contributed by atoms with Crippen molar-refractivity contribution < 1.29 is 0 Å². The average molecular weight is 909 g/mol. The zero-order valence-corrected chi connectivity index (χ0v) is 40.1. The summed E-state index contributed by atoms with van der Waals surface area (Å²) in [4.78, 5) is 2.49. The van der Waals surface area contributed by atoms with Crippen molar-refractivity contribution in [1.82, 2.24) is 4.57 Å². The van der Waals surface area contributed by atoms with Crippen molar-refractivity contribution in [3.8, 4) is 39.1 Å². The van der Waals surface area contributed by atoms with Gasteiger partial charge in [-0.2, -0.15) is 0 Å². The van der Waals surface area contributed by atoms with E-state index in [4.69, 9.17) is 0 Å². The van der Waals surface area contributed by atoms with Crippen molar-refractivity contribution in [2.75, 3.05) is 4.90 Å². The van der Waals surface area contributed by atoms with Crippen LogP contribution in [0.25, 0.3) is 71.6 Å². The summed E-state index contributed by atoms with van der Waals surface area (Å²) in [6, 6.07) is 95.4. The Morgan fingerprint density at radius 2 is 0.886 bits per heavy atom. The standard InChI is InChI=1S/C67H48N2Si/c1-70(2)63-38-17-15-35-58(63)67(57-34-14-12-29-53(57)55-33-18-25-47-26-19-36-60(67)65(47)55)59-41-39-50(44-64(59)70)68(48-27-10-5-11-28-48)49-40-42-62-56(43-49)54-30-13-16-37-61(54)69(62)66-51(45-21-6-3-7-22-45)31-20-32-52(66)46-23-8-4-9-24-46/h3-44H,1-2H3. The summed E-state index contributed by atoms with van der Waals surface area (Å²) in [6.45, 7) is 5.13. The van der Waals surface area contributed by atoms with Crippen molar-refractivity contribution in [2.24, 2.45) is 0 Å². The van der Waals surface area contributed by atoms with Crippen molar-refractivity contribution in [3.05, 3.63) is 277 Å². The van der Waals surface area contributed by atoms with E-state index < -0.39 is 13.5 Å². The van der Waals surface area contributed by atoms with E-state index in [1.807, 2.05) is 0 Å². The van der Waals surface area contributed by atoms with E-state index >= 15 is 0 Å². The molecule has 330 valence electrons. The average Bonchev–Trinajstić information content (AvgIpc) is 3.75. The summed E-state index contributed by atoms with van der Waals surface area (Å²) >= 11 is 0. The normalized spacial score (nSPS) is 15.2. The number of nitrogens with zero attached hydrogens (tertiary/aromatic N) is 2. The molecule has 0 N–H and O–H groups in total. The van der Waals surface area contributed by atoms with Gasteiger partial charge in [0.15, 0.2) is 0 Å². The Hall–Kier alpha value is -8.50. The van der Waals surface area contributed by atoms with Gasteiger partial charge in [0.2, 0.25) is 0 Å². The first-order valence-corrected chi connectivity index (χ1v) is 27.5. The third-order valence-electron chi connectivity index (χ3n) is 15.6. The molecule has 0 amide bonds. The molecule has 1 aliphatic carbocycles. The van der Waals surface area contributed by atoms with Gasteiger partial charge in [-0.25, -0.2) is 0 Å². The fourth-order valence-electron chi connectivity index (χ4n) is 12.7. The predicted octanol–water partition coefficient (Wildman–Crippen LogP) is 16.2. The zero-order chi connectivity index (χ0) is 46.6. The number of fused-ring (bicyclic) bond motifs is 11. The Morgan fingerprint density at radius 1 is 0.357 bits per heavy atom. The van der Waals surface area contributed by atoms with E-state index in [0.717, 1.165) is 17.1 Å². The van der Waals surface area contributed by atoms with Gasteiger partial charge in [-0.05, 0) is 114 Å². The molecule has 0 saturated heterocycles. The van der Waals surface area contributed by atoms with Crippen LogP contribution in [-0.4, -0.2) is 12.6 Å². The lowest BCUT2D eigenvalue weighted by atomic mass is 9.59. The van der Waals surface area contributed by atoms with E-state index in [1.54, 1.807) is 0 Å². The molecule has 2 nitrogen and oxygen atoms in total. The molecule has 1 atom stereocenters. The first-order chi connectivity index (χ1) is 34.5. The van der Waals surface area contributed by atoms with Gasteiger partial charge in [0.1, 0.15) is 8.07 Å². The highest BCUT2D eigenvalue weighted by Crippen LogP contribution is 2.56. The third kappa shape index (κ3) is 5.73. The molecule has 1 aliphatic heterocycles. The van der Waals surface area contributed by atoms with Crippen molar-refractivity contribution in [1.29, 1.82) is 0 Å². The van der Waals surface area contributed by atoms with Gasteiger partial charge in [0.25, 0.3) is 0 Å². The summed E-state index contributed by atoms with van der Waals surface area (Å²) in [7, 11) is -2.33. The second-order valence-corrected chi connectivity index (χ2v) is 23.9. The van der Waals surface area contributed by atoms with Crippen molar-refractivity contribution >= 4 is 68.1 Å². The molecule has 70 heavy (non-hydrogen) atoms. The van der Waals surface area contributed by atoms with Gasteiger partial charge in [-0.3, -0.25) is 0 Å². The van der Waals surface area contributed by atoms with Crippen molar-refractivity contribution in [3.63, 3.8) is 0 Å². The lowest BCUT2D eigenvalue weighted by Crippen LogP contribution is -2.63. The van der Waals surface area contributed by atoms with Gasteiger partial charge in [0.05, 0.1) is 22.1 Å². The molecule has 11 aromatic carbocycles. The Labute approximate surface area is 410 Å². The first-order valence-electron chi connectivity index (χ1n) is 24.5. The van der Waals surface area contributed by atoms with Gasteiger partial charge >= 0.3 is 0 Å². The molecule has 2 aliphatic rings. The van der Waals surface area contributed by atoms with Gasteiger partial charge in [-0.15, -0.1) is 0 Å². The molecule has 2 heterocycles. The highest BCUT2D eigenvalue weighted by atomic mass is 28.3. The number of benzene rings is 11. The Kier molecular flexibility index (Phi) is 8.99. The van der Waals surface area contributed by atoms with Crippen LogP contribution in [-0.2, 0) is 5.41 Å². The number of hydrogen-bond donors (Lipinski definition) is 0. The lowest BCUT2D eigenvalue weighted by molar-refractivity contribution is 0.754. The SMILES string of the molecule is C[Si]1(C)c2ccccc2C2(c3ccccc3-c3cccc4cccc2c34)c2ccc(N(c3ccccc3)c3ccc4c(c3)c3ccccc3n4-c3c(-c4ccccc4)cccc3-c3ccccc3)cc21. The van der Waals surface area contributed by atoms with Crippen LogP contribution in [0, 0.1) is 0 Å². The molecule has 12 aromatic rings. The monoisotopic (exact) mass is 908 g/mol.